The molecule has 4 nitrogen and oxygen atoms in total. The van der Waals surface area contributed by atoms with E-state index in [0.29, 0.717) is 6.54 Å². The molecule has 5 heteroatoms. The van der Waals surface area contributed by atoms with E-state index in [1.54, 1.807) is 0 Å². The van der Waals surface area contributed by atoms with Crippen molar-refractivity contribution in [2.75, 3.05) is 6.54 Å². The molecule has 1 aromatic carbocycles. The average Bonchev–Trinajstić information content (AvgIpc) is 2.85. The van der Waals surface area contributed by atoms with Crippen molar-refractivity contribution < 1.29 is 9.53 Å². The predicted octanol–water partition coefficient (Wildman–Crippen LogP) is 2.46. The number of rotatable bonds is 5. The molecule has 2 rings (SSSR count). The molecule has 0 bridgehead atoms. The van der Waals surface area contributed by atoms with Gasteiger partial charge < -0.3 is 15.8 Å². The van der Waals surface area contributed by atoms with E-state index < -0.39 is 0 Å². The van der Waals surface area contributed by atoms with Gasteiger partial charge in [0.15, 0.2) is 0 Å². The van der Waals surface area contributed by atoms with Gasteiger partial charge in [-0.15, -0.1) is 0 Å². The maximum atomic E-state index is 12.0. The Kier molecular flexibility index (Phi) is 5.43. The van der Waals surface area contributed by atoms with Crippen molar-refractivity contribution in [1.82, 2.24) is 5.32 Å². The van der Waals surface area contributed by atoms with Gasteiger partial charge >= 0.3 is 0 Å². The number of ether oxygens (including phenoxy) is 1. The zero-order valence-electron chi connectivity index (χ0n) is 11.6. The first kappa shape index (κ1) is 15.3. The Balaban J connectivity index is 1.76. The lowest BCUT2D eigenvalue weighted by molar-refractivity contribution is -0.125. The summed E-state index contributed by atoms with van der Waals surface area (Å²) in [6.45, 7) is 2.45. The second kappa shape index (κ2) is 7.09. The fourth-order valence-electron chi connectivity index (χ4n) is 2.44. The summed E-state index contributed by atoms with van der Waals surface area (Å²) >= 11 is 3.44. The highest BCUT2D eigenvalue weighted by Crippen LogP contribution is 2.25. The lowest BCUT2D eigenvalue weighted by Crippen LogP contribution is -2.37. The highest BCUT2D eigenvalue weighted by atomic mass is 79.9. The number of carbonyl (C=O) groups is 1. The summed E-state index contributed by atoms with van der Waals surface area (Å²) in [6, 6.07) is 7.87. The van der Waals surface area contributed by atoms with E-state index in [-0.39, 0.29) is 24.0 Å². The Morgan fingerprint density at radius 1 is 1.50 bits per heavy atom. The maximum Gasteiger partial charge on any atom is 0.223 e. The molecule has 1 aliphatic carbocycles. The van der Waals surface area contributed by atoms with E-state index in [9.17, 15) is 4.79 Å². The third-order valence-corrected chi connectivity index (χ3v) is 4.23. The normalized spacial score (nSPS) is 23.4. The highest BCUT2D eigenvalue weighted by Gasteiger charge is 2.27. The van der Waals surface area contributed by atoms with Crippen molar-refractivity contribution in [2.45, 2.75) is 38.3 Å². The lowest BCUT2D eigenvalue weighted by Gasteiger charge is -2.18. The molecule has 1 aromatic rings. The van der Waals surface area contributed by atoms with Crippen LogP contribution in [0.3, 0.4) is 0 Å². The Bertz CT molecular complexity index is 467. The van der Waals surface area contributed by atoms with Crippen LogP contribution in [0.25, 0.3) is 0 Å². The molecule has 0 saturated heterocycles. The zero-order valence-corrected chi connectivity index (χ0v) is 13.2. The van der Waals surface area contributed by atoms with E-state index in [1.807, 2.05) is 31.2 Å². The van der Waals surface area contributed by atoms with Gasteiger partial charge in [0.1, 0.15) is 11.9 Å². The number of amides is 1. The molecular formula is C15H21BrN2O2. The first-order valence-electron chi connectivity index (χ1n) is 7.00. The van der Waals surface area contributed by atoms with Crippen molar-refractivity contribution in [3.8, 4) is 5.75 Å². The van der Waals surface area contributed by atoms with Gasteiger partial charge in [-0.1, -0.05) is 12.1 Å². The molecule has 0 heterocycles. The second-order valence-electron chi connectivity index (χ2n) is 5.37. The van der Waals surface area contributed by atoms with Crippen LogP contribution in [-0.4, -0.2) is 24.6 Å². The summed E-state index contributed by atoms with van der Waals surface area (Å²) in [5.41, 5.74) is 5.83. The number of hydrogen-bond acceptors (Lipinski definition) is 3. The van der Waals surface area contributed by atoms with Crippen LogP contribution in [-0.2, 0) is 4.79 Å². The first-order valence-corrected chi connectivity index (χ1v) is 7.80. The van der Waals surface area contributed by atoms with Gasteiger partial charge in [-0.3, -0.25) is 4.79 Å². The minimum Gasteiger partial charge on any atom is -0.488 e. The third-order valence-electron chi connectivity index (χ3n) is 3.57. The molecule has 0 spiro atoms. The molecule has 0 aliphatic heterocycles. The number of halogens is 1. The summed E-state index contributed by atoms with van der Waals surface area (Å²) in [6.07, 6.45) is 2.56. The van der Waals surface area contributed by atoms with E-state index in [2.05, 4.69) is 21.2 Å². The summed E-state index contributed by atoms with van der Waals surface area (Å²) in [4.78, 5) is 12.0. The predicted molar refractivity (Wildman–Crippen MR) is 82.6 cm³/mol. The monoisotopic (exact) mass is 340 g/mol. The number of hydrogen-bond donors (Lipinski definition) is 2. The van der Waals surface area contributed by atoms with Crippen molar-refractivity contribution in [2.24, 2.45) is 11.7 Å². The number of para-hydroxylation sites is 1. The largest absolute Gasteiger partial charge is 0.488 e. The molecule has 1 fully saturated rings. The summed E-state index contributed by atoms with van der Waals surface area (Å²) in [7, 11) is 0. The van der Waals surface area contributed by atoms with E-state index in [1.165, 1.54) is 0 Å². The molecule has 1 amide bonds. The van der Waals surface area contributed by atoms with Crippen LogP contribution in [0.1, 0.15) is 26.2 Å². The number of benzene rings is 1. The molecule has 1 aliphatic rings. The van der Waals surface area contributed by atoms with Crippen molar-refractivity contribution in [3.05, 3.63) is 28.7 Å². The van der Waals surface area contributed by atoms with Gasteiger partial charge in [-0.05, 0) is 54.2 Å². The van der Waals surface area contributed by atoms with E-state index >= 15 is 0 Å². The van der Waals surface area contributed by atoms with Gasteiger partial charge in [0.2, 0.25) is 5.91 Å². The fraction of sp³-hybridized carbons (Fsp3) is 0.533. The topological polar surface area (TPSA) is 64.4 Å². The SMILES string of the molecule is CC(CNC(=O)C1CCC(N)C1)Oc1ccccc1Br. The third kappa shape index (κ3) is 4.21. The molecular weight excluding hydrogens is 320 g/mol. The average molecular weight is 341 g/mol. The molecule has 3 N–H and O–H groups in total. The van der Waals surface area contributed by atoms with Crippen molar-refractivity contribution in [1.29, 1.82) is 0 Å². The lowest BCUT2D eigenvalue weighted by atomic mass is 10.1. The summed E-state index contributed by atoms with van der Waals surface area (Å²) in [5, 5.41) is 2.95. The summed E-state index contributed by atoms with van der Waals surface area (Å²) < 4.78 is 6.71. The minimum atomic E-state index is -0.0762. The van der Waals surface area contributed by atoms with Gasteiger partial charge in [-0.25, -0.2) is 0 Å². The molecule has 0 aromatic heterocycles. The van der Waals surface area contributed by atoms with Crippen LogP contribution in [0.15, 0.2) is 28.7 Å². The Morgan fingerprint density at radius 2 is 2.25 bits per heavy atom. The van der Waals surface area contributed by atoms with Gasteiger partial charge in [0.05, 0.1) is 11.0 Å². The van der Waals surface area contributed by atoms with Gasteiger partial charge in [0.25, 0.3) is 0 Å². The zero-order chi connectivity index (χ0) is 14.5. The fourth-order valence-corrected chi connectivity index (χ4v) is 2.82. The van der Waals surface area contributed by atoms with Crippen LogP contribution < -0.4 is 15.8 Å². The quantitative estimate of drug-likeness (QED) is 0.865. The van der Waals surface area contributed by atoms with Crippen LogP contribution in [0.2, 0.25) is 0 Å². The highest BCUT2D eigenvalue weighted by molar-refractivity contribution is 9.10. The molecule has 1 saturated carbocycles. The molecule has 20 heavy (non-hydrogen) atoms. The Hall–Kier alpha value is -1.07. The van der Waals surface area contributed by atoms with E-state index in [4.69, 9.17) is 10.5 Å². The standard InChI is InChI=1S/C15H21BrN2O2/c1-10(20-14-5-3-2-4-13(14)16)9-18-15(19)11-6-7-12(17)8-11/h2-5,10-12H,6-9,17H2,1H3,(H,18,19). The van der Waals surface area contributed by atoms with Gasteiger partial charge in [-0.2, -0.15) is 0 Å². The molecule has 0 radical (unpaired) electrons. The Labute approximate surface area is 128 Å². The number of nitrogens with two attached hydrogens (primary N) is 1. The van der Waals surface area contributed by atoms with E-state index in [0.717, 1.165) is 29.5 Å². The van der Waals surface area contributed by atoms with Crippen LogP contribution in [0, 0.1) is 5.92 Å². The van der Waals surface area contributed by atoms with Crippen LogP contribution in [0.4, 0.5) is 0 Å². The van der Waals surface area contributed by atoms with Crippen molar-refractivity contribution >= 4 is 21.8 Å². The first-order chi connectivity index (χ1) is 9.56. The van der Waals surface area contributed by atoms with Crippen molar-refractivity contribution in [3.63, 3.8) is 0 Å². The second-order valence-corrected chi connectivity index (χ2v) is 6.23. The smallest absolute Gasteiger partial charge is 0.223 e. The molecule has 3 atom stereocenters. The Morgan fingerprint density at radius 3 is 2.90 bits per heavy atom. The minimum absolute atomic E-state index is 0.0701. The van der Waals surface area contributed by atoms with Crippen LogP contribution >= 0.6 is 15.9 Å². The van der Waals surface area contributed by atoms with Crippen LogP contribution in [0.5, 0.6) is 5.75 Å². The van der Waals surface area contributed by atoms with Gasteiger partial charge in [0, 0.05) is 12.0 Å². The molecule has 3 unspecified atom stereocenters. The molecule has 110 valence electrons. The number of carbonyl (C=O) groups excluding carboxylic acids is 1. The number of nitrogens with one attached hydrogen (secondary N) is 1. The summed E-state index contributed by atoms with van der Waals surface area (Å²) in [5.74, 6) is 0.957. The maximum absolute atomic E-state index is 12.0.